The van der Waals surface area contributed by atoms with Gasteiger partial charge in [-0.15, -0.1) is 35.3 Å². The Labute approximate surface area is 133 Å². The van der Waals surface area contributed by atoms with Crippen molar-refractivity contribution in [2.75, 3.05) is 13.7 Å². The molecule has 1 aromatic heterocycles. The van der Waals surface area contributed by atoms with Gasteiger partial charge in [0.2, 0.25) is 0 Å². The van der Waals surface area contributed by atoms with E-state index in [1.165, 1.54) is 11.3 Å². The summed E-state index contributed by atoms with van der Waals surface area (Å²) in [6, 6.07) is -0.0967. The smallest absolute Gasteiger partial charge is 0.350 e. The number of rotatable bonds is 4. The van der Waals surface area contributed by atoms with Gasteiger partial charge in [-0.3, -0.25) is 4.99 Å². The molecule has 0 radical (unpaired) electrons. The first-order valence-electron chi connectivity index (χ1n) is 5.62. The lowest BCUT2D eigenvalue weighted by Crippen LogP contribution is -2.33. The van der Waals surface area contributed by atoms with Crippen LogP contribution < -0.4 is 11.1 Å². The summed E-state index contributed by atoms with van der Waals surface area (Å²) >= 11 is 1.31. The number of aromatic nitrogens is 1. The standard InChI is InChI=1S/C11H18N4O2S.HI/c1-5-17-10(16)8-6(2)14-9(18-8)7(3)15-11(12)13-4;/h7H,5H2,1-4H3,(H3,12,13,15);1H. The monoisotopic (exact) mass is 398 g/mol. The fourth-order valence-electron chi connectivity index (χ4n) is 1.34. The topological polar surface area (TPSA) is 89.6 Å². The van der Waals surface area contributed by atoms with E-state index in [-0.39, 0.29) is 36.0 Å². The molecule has 0 saturated carbocycles. The van der Waals surface area contributed by atoms with Crippen LogP contribution in [0.3, 0.4) is 0 Å². The Balaban J connectivity index is 0.00000324. The minimum Gasteiger partial charge on any atom is -0.462 e. The molecule has 6 nitrogen and oxygen atoms in total. The number of aryl methyl sites for hydroxylation is 1. The fraction of sp³-hybridized carbons (Fsp3) is 0.545. The molecule has 3 N–H and O–H groups in total. The van der Waals surface area contributed by atoms with Crippen molar-refractivity contribution in [1.29, 1.82) is 0 Å². The zero-order valence-corrected chi connectivity index (χ0v) is 14.5. The van der Waals surface area contributed by atoms with Crippen LogP contribution in [0, 0.1) is 6.92 Å². The number of aliphatic imine (C=N–C) groups is 1. The van der Waals surface area contributed by atoms with Gasteiger partial charge in [-0.25, -0.2) is 9.78 Å². The van der Waals surface area contributed by atoms with E-state index in [0.717, 1.165) is 5.01 Å². The summed E-state index contributed by atoms with van der Waals surface area (Å²) in [6.45, 7) is 5.83. The second-order valence-electron chi connectivity index (χ2n) is 3.66. The summed E-state index contributed by atoms with van der Waals surface area (Å²) in [5, 5.41) is 3.76. The van der Waals surface area contributed by atoms with Crippen molar-refractivity contribution in [1.82, 2.24) is 10.3 Å². The van der Waals surface area contributed by atoms with Gasteiger partial charge < -0.3 is 15.8 Å². The number of halogens is 1. The Morgan fingerprint density at radius 1 is 1.63 bits per heavy atom. The molecule has 1 rings (SSSR count). The van der Waals surface area contributed by atoms with E-state index in [4.69, 9.17) is 10.5 Å². The number of carbonyl (C=O) groups is 1. The molecular weight excluding hydrogens is 379 g/mol. The van der Waals surface area contributed by atoms with Crippen molar-refractivity contribution in [3.63, 3.8) is 0 Å². The van der Waals surface area contributed by atoms with Gasteiger partial charge in [0.25, 0.3) is 0 Å². The van der Waals surface area contributed by atoms with Crippen molar-refractivity contribution in [3.8, 4) is 0 Å². The lowest BCUT2D eigenvalue weighted by atomic mass is 10.3. The van der Waals surface area contributed by atoms with Crippen LogP contribution in [0.25, 0.3) is 0 Å². The van der Waals surface area contributed by atoms with Gasteiger partial charge in [0, 0.05) is 7.05 Å². The first kappa shape index (κ1) is 18.1. The molecule has 0 saturated heterocycles. The number of hydrogen-bond donors (Lipinski definition) is 2. The molecule has 0 bridgehead atoms. The van der Waals surface area contributed by atoms with E-state index >= 15 is 0 Å². The van der Waals surface area contributed by atoms with Gasteiger partial charge in [0.05, 0.1) is 18.3 Å². The molecule has 19 heavy (non-hydrogen) atoms. The van der Waals surface area contributed by atoms with E-state index in [2.05, 4.69) is 15.3 Å². The van der Waals surface area contributed by atoms with Crippen LogP contribution in [-0.4, -0.2) is 30.6 Å². The van der Waals surface area contributed by atoms with Crippen molar-refractivity contribution in [2.24, 2.45) is 10.7 Å². The average molecular weight is 398 g/mol. The number of esters is 1. The molecule has 1 heterocycles. The normalized spacial score (nSPS) is 12.5. The SMILES string of the molecule is CCOC(=O)c1sc(C(C)NC(N)=NC)nc1C.I. The fourth-order valence-corrected chi connectivity index (χ4v) is 2.30. The lowest BCUT2D eigenvalue weighted by Gasteiger charge is -2.10. The van der Waals surface area contributed by atoms with Crippen LogP contribution in [0.1, 0.15) is 40.3 Å². The molecule has 1 atom stereocenters. The Hall–Kier alpha value is -0.900. The van der Waals surface area contributed by atoms with Crippen molar-refractivity contribution in [2.45, 2.75) is 26.8 Å². The van der Waals surface area contributed by atoms with Crippen molar-refractivity contribution >= 4 is 47.2 Å². The number of nitrogens with one attached hydrogen (secondary N) is 1. The maximum Gasteiger partial charge on any atom is 0.350 e. The molecule has 1 unspecified atom stereocenters. The zero-order valence-electron chi connectivity index (χ0n) is 11.4. The summed E-state index contributed by atoms with van der Waals surface area (Å²) < 4.78 is 4.97. The van der Waals surface area contributed by atoms with Gasteiger partial charge in [-0.05, 0) is 20.8 Å². The van der Waals surface area contributed by atoms with Crippen LogP contribution in [0.5, 0.6) is 0 Å². The van der Waals surface area contributed by atoms with Gasteiger partial charge in [-0.1, -0.05) is 0 Å². The molecule has 0 aliphatic heterocycles. The highest BCUT2D eigenvalue weighted by Gasteiger charge is 2.19. The Bertz CT molecular complexity index is 462. The van der Waals surface area contributed by atoms with Gasteiger partial charge in [0.15, 0.2) is 5.96 Å². The highest BCUT2D eigenvalue weighted by atomic mass is 127. The quantitative estimate of drug-likeness (QED) is 0.350. The first-order valence-corrected chi connectivity index (χ1v) is 6.44. The van der Waals surface area contributed by atoms with Crippen molar-refractivity contribution < 1.29 is 9.53 Å². The van der Waals surface area contributed by atoms with Crippen LogP contribution in [0.2, 0.25) is 0 Å². The van der Waals surface area contributed by atoms with E-state index in [1.807, 2.05) is 6.92 Å². The minimum absolute atomic E-state index is 0. The summed E-state index contributed by atoms with van der Waals surface area (Å²) in [4.78, 5) is 20.4. The molecular formula is C11H19IN4O2S. The van der Waals surface area contributed by atoms with Crippen LogP contribution in [-0.2, 0) is 4.74 Å². The predicted molar refractivity (Wildman–Crippen MR) is 87.3 cm³/mol. The summed E-state index contributed by atoms with van der Waals surface area (Å²) in [5.41, 5.74) is 6.26. The van der Waals surface area contributed by atoms with Crippen LogP contribution in [0.15, 0.2) is 4.99 Å². The maximum absolute atomic E-state index is 11.7. The third-order valence-electron chi connectivity index (χ3n) is 2.25. The zero-order chi connectivity index (χ0) is 13.7. The predicted octanol–water partition coefficient (Wildman–Crippen LogP) is 1.84. The number of carbonyl (C=O) groups excluding carboxylic acids is 1. The number of guanidine groups is 1. The number of thiazole rings is 1. The molecule has 0 aliphatic carbocycles. The largest absolute Gasteiger partial charge is 0.462 e. The Morgan fingerprint density at radius 3 is 2.79 bits per heavy atom. The van der Waals surface area contributed by atoms with Gasteiger partial charge >= 0.3 is 5.97 Å². The van der Waals surface area contributed by atoms with Gasteiger partial charge in [0.1, 0.15) is 9.88 Å². The summed E-state index contributed by atoms with van der Waals surface area (Å²) in [6.07, 6.45) is 0. The number of ether oxygens (including phenoxy) is 1. The second kappa shape index (κ2) is 8.31. The lowest BCUT2D eigenvalue weighted by molar-refractivity contribution is 0.0531. The summed E-state index contributed by atoms with van der Waals surface area (Å²) in [7, 11) is 1.60. The van der Waals surface area contributed by atoms with E-state index < -0.39 is 0 Å². The Morgan fingerprint density at radius 2 is 2.26 bits per heavy atom. The highest BCUT2D eigenvalue weighted by Crippen LogP contribution is 2.24. The van der Waals surface area contributed by atoms with Crippen molar-refractivity contribution in [3.05, 3.63) is 15.6 Å². The first-order chi connectivity index (χ1) is 8.49. The molecule has 0 spiro atoms. The summed E-state index contributed by atoms with van der Waals surface area (Å²) in [5.74, 6) is 0.0103. The molecule has 8 heteroatoms. The molecule has 1 aromatic rings. The molecule has 0 aromatic carbocycles. The van der Waals surface area contributed by atoms with E-state index in [0.29, 0.717) is 23.1 Å². The highest BCUT2D eigenvalue weighted by molar-refractivity contribution is 14.0. The Kier molecular flexibility index (Phi) is 7.91. The number of nitrogens with zero attached hydrogens (tertiary/aromatic N) is 2. The second-order valence-corrected chi connectivity index (χ2v) is 4.69. The van der Waals surface area contributed by atoms with Crippen LogP contribution >= 0.6 is 35.3 Å². The third kappa shape index (κ3) is 4.94. The molecule has 0 fully saturated rings. The minimum atomic E-state index is -0.330. The molecule has 0 amide bonds. The van der Waals surface area contributed by atoms with Gasteiger partial charge in [-0.2, -0.15) is 0 Å². The molecule has 0 aliphatic rings. The third-order valence-corrected chi connectivity index (χ3v) is 3.57. The average Bonchev–Trinajstić information content (AvgIpc) is 2.71. The maximum atomic E-state index is 11.7. The molecule has 108 valence electrons. The number of hydrogen-bond acceptors (Lipinski definition) is 5. The van der Waals surface area contributed by atoms with E-state index in [9.17, 15) is 4.79 Å². The van der Waals surface area contributed by atoms with E-state index in [1.54, 1.807) is 20.9 Å². The number of nitrogens with two attached hydrogens (primary N) is 1. The van der Waals surface area contributed by atoms with Crippen LogP contribution in [0.4, 0.5) is 0 Å².